The molecule has 0 aromatic heterocycles. The van der Waals surface area contributed by atoms with E-state index in [4.69, 9.17) is 16.3 Å². The third kappa shape index (κ3) is 4.61. The lowest BCUT2D eigenvalue weighted by Gasteiger charge is -2.13. The van der Waals surface area contributed by atoms with Gasteiger partial charge >= 0.3 is 12.1 Å². The maximum absolute atomic E-state index is 12.7. The summed E-state index contributed by atoms with van der Waals surface area (Å²) in [5.74, 6) is -1.67. The molecule has 0 spiro atoms. The molecule has 1 radical (unpaired) electrons. The Kier molecular flexibility index (Phi) is 6.00. The summed E-state index contributed by atoms with van der Waals surface area (Å²) >= 11 is 5.43. The van der Waals surface area contributed by atoms with Gasteiger partial charge in [-0.1, -0.05) is 62.4 Å². The van der Waals surface area contributed by atoms with E-state index in [-0.39, 0.29) is 6.61 Å². The number of ether oxygens (including phenoxy) is 1. The number of alkyl halides is 4. The van der Waals surface area contributed by atoms with Crippen molar-refractivity contribution >= 4 is 17.6 Å². The highest BCUT2D eigenvalue weighted by Gasteiger charge is 2.64. The summed E-state index contributed by atoms with van der Waals surface area (Å²) in [5, 5.41) is -2.07. The molecule has 3 rings (SSSR count). The molecule has 1 unspecified atom stereocenters. The summed E-state index contributed by atoms with van der Waals surface area (Å²) in [6.07, 6.45) is -3.52. The van der Waals surface area contributed by atoms with E-state index in [0.29, 0.717) is 0 Å². The number of carbonyl (C=O) groups excluding carboxylic acids is 1. The summed E-state index contributed by atoms with van der Waals surface area (Å²) in [7, 11) is 0. The van der Waals surface area contributed by atoms with Gasteiger partial charge in [0.05, 0.1) is 5.92 Å². The Balaban J connectivity index is 1.66. The molecule has 0 N–H and O–H groups in total. The first-order valence-corrected chi connectivity index (χ1v) is 9.83. The third-order valence-corrected chi connectivity index (χ3v) is 6.15. The standard InChI is InChI=1S/C23H23ClF3O2/c1-14-16(10-7-11-17(14)15-8-5-4-6-9-15)13-29-21(28)20-18(22(20,2)3)12-19(24)23(25,26)27/h4-12,18-20H,13H2,1-3H3/t18-,19?,20-/m0/s1. The Morgan fingerprint density at radius 3 is 2.45 bits per heavy atom. The molecule has 6 heteroatoms. The molecule has 0 heterocycles. The van der Waals surface area contributed by atoms with Crippen molar-refractivity contribution < 1.29 is 22.7 Å². The highest BCUT2D eigenvalue weighted by molar-refractivity contribution is 6.22. The van der Waals surface area contributed by atoms with Gasteiger partial charge in [-0.3, -0.25) is 4.79 Å². The van der Waals surface area contributed by atoms with Crippen molar-refractivity contribution in [3.05, 3.63) is 66.1 Å². The van der Waals surface area contributed by atoms with Crippen LogP contribution in [0.25, 0.3) is 11.1 Å². The lowest BCUT2D eigenvalue weighted by Crippen LogP contribution is -2.25. The predicted octanol–water partition coefficient (Wildman–Crippen LogP) is 6.35. The third-order valence-electron chi connectivity index (χ3n) is 5.75. The van der Waals surface area contributed by atoms with Crippen LogP contribution in [-0.4, -0.2) is 17.5 Å². The minimum Gasteiger partial charge on any atom is -0.461 e. The molecule has 155 valence electrons. The number of carbonyl (C=O) groups is 1. The molecule has 0 saturated heterocycles. The van der Waals surface area contributed by atoms with Crippen molar-refractivity contribution in [3.8, 4) is 11.1 Å². The molecule has 0 amide bonds. The van der Waals surface area contributed by atoms with Gasteiger partial charge in [-0.05, 0) is 46.9 Å². The van der Waals surface area contributed by atoms with Gasteiger partial charge in [0.2, 0.25) is 0 Å². The molecule has 1 saturated carbocycles. The molecule has 29 heavy (non-hydrogen) atoms. The molecule has 1 fully saturated rings. The number of benzene rings is 2. The van der Waals surface area contributed by atoms with Crippen LogP contribution in [0.3, 0.4) is 0 Å². The fraction of sp³-hybridized carbons (Fsp3) is 0.391. The quantitative estimate of drug-likeness (QED) is 0.399. The average molecular weight is 424 g/mol. The predicted molar refractivity (Wildman–Crippen MR) is 107 cm³/mol. The summed E-state index contributed by atoms with van der Waals surface area (Å²) in [5.41, 5.74) is 3.38. The van der Waals surface area contributed by atoms with E-state index in [0.717, 1.165) is 28.7 Å². The number of halogens is 4. The van der Waals surface area contributed by atoms with E-state index >= 15 is 0 Å². The zero-order valence-electron chi connectivity index (χ0n) is 16.5. The molecule has 0 aliphatic heterocycles. The Labute approximate surface area is 174 Å². The molecular weight excluding hydrogens is 401 g/mol. The van der Waals surface area contributed by atoms with E-state index in [1.807, 2.05) is 55.5 Å². The number of hydrogen-bond acceptors (Lipinski definition) is 2. The van der Waals surface area contributed by atoms with Crippen molar-refractivity contribution in [2.75, 3.05) is 0 Å². The van der Waals surface area contributed by atoms with Gasteiger partial charge in [-0.2, -0.15) is 13.2 Å². The van der Waals surface area contributed by atoms with Crippen LogP contribution in [0.2, 0.25) is 0 Å². The average Bonchev–Trinajstić information content (AvgIpc) is 3.20. The van der Waals surface area contributed by atoms with Gasteiger partial charge in [0, 0.05) is 0 Å². The van der Waals surface area contributed by atoms with Gasteiger partial charge < -0.3 is 4.74 Å². The molecule has 1 aliphatic carbocycles. The maximum Gasteiger partial charge on any atom is 0.405 e. The fourth-order valence-electron chi connectivity index (χ4n) is 3.79. The second-order valence-corrected chi connectivity index (χ2v) is 8.49. The summed E-state index contributed by atoms with van der Waals surface area (Å²) in [6, 6.07) is 15.7. The van der Waals surface area contributed by atoms with Crippen LogP contribution < -0.4 is 0 Å². The van der Waals surface area contributed by atoms with Crippen LogP contribution in [0.15, 0.2) is 48.5 Å². The zero-order chi connectivity index (χ0) is 21.4. The van der Waals surface area contributed by atoms with E-state index in [1.54, 1.807) is 13.8 Å². The Bertz CT molecular complexity index is 877. The van der Waals surface area contributed by atoms with Gasteiger partial charge in [0.25, 0.3) is 0 Å². The summed E-state index contributed by atoms with van der Waals surface area (Å²) in [6.45, 7) is 5.54. The molecule has 0 bridgehead atoms. The first-order chi connectivity index (χ1) is 13.5. The fourth-order valence-corrected chi connectivity index (χ4v) is 3.94. The van der Waals surface area contributed by atoms with E-state index in [2.05, 4.69) is 0 Å². The van der Waals surface area contributed by atoms with Crippen LogP contribution in [0, 0.1) is 30.6 Å². The molecule has 2 aromatic carbocycles. The van der Waals surface area contributed by atoms with Gasteiger partial charge in [-0.15, -0.1) is 11.6 Å². The normalized spacial score (nSPS) is 21.5. The van der Waals surface area contributed by atoms with Crippen molar-refractivity contribution in [3.63, 3.8) is 0 Å². The van der Waals surface area contributed by atoms with Gasteiger partial charge in [0.1, 0.15) is 12.0 Å². The Morgan fingerprint density at radius 1 is 1.17 bits per heavy atom. The van der Waals surface area contributed by atoms with Gasteiger partial charge in [0.15, 0.2) is 0 Å². The van der Waals surface area contributed by atoms with E-state index in [9.17, 15) is 18.0 Å². The van der Waals surface area contributed by atoms with Crippen LogP contribution >= 0.6 is 11.6 Å². The molecule has 3 atom stereocenters. The monoisotopic (exact) mass is 423 g/mol. The smallest absolute Gasteiger partial charge is 0.405 e. The largest absolute Gasteiger partial charge is 0.461 e. The van der Waals surface area contributed by atoms with Crippen LogP contribution in [0.5, 0.6) is 0 Å². The number of esters is 1. The SMILES string of the molecule is Cc1c(COC(=O)[C@@H]2[C@H]([CH]C(Cl)C(F)(F)F)C2(C)C)cccc1-c1ccccc1. The van der Waals surface area contributed by atoms with Gasteiger partial charge in [-0.25, -0.2) is 0 Å². The van der Waals surface area contributed by atoms with Crippen LogP contribution in [0.1, 0.15) is 25.0 Å². The highest BCUT2D eigenvalue weighted by atomic mass is 35.5. The number of rotatable bonds is 6. The molecule has 2 nitrogen and oxygen atoms in total. The number of hydrogen-bond donors (Lipinski definition) is 0. The lowest BCUT2D eigenvalue weighted by molar-refractivity contribution is -0.147. The van der Waals surface area contributed by atoms with E-state index < -0.39 is 34.8 Å². The van der Waals surface area contributed by atoms with Crippen molar-refractivity contribution in [1.82, 2.24) is 0 Å². The Hall–Kier alpha value is -2.01. The minimum absolute atomic E-state index is 0.0776. The van der Waals surface area contributed by atoms with Crippen LogP contribution in [-0.2, 0) is 16.1 Å². The highest BCUT2D eigenvalue weighted by Crippen LogP contribution is 2.61. The Morgan fingerprint density at radius 2 is 1.83 bits per heavy atom. The first-order valence-electron chi connectivity index (χ1n) is 9.40. The second-order valence-electron chi connectivity index (χ2n) is 8.02. The second kappa shape index (κ2) is 8.02. The van der Waals surface area contributed by atoms with Crippen molar-refractivity contribution in [1.29, 1.82) is 0 Å². The molecule has 1 aliphatic rings. The molecular formula is C23H23ClF3O2. The maximum atomic E-state index is 12.7. The summed E-state index contributed by atoms with van der Waals surface area (Å²) in [4.78, 5) is 12.5. The minimum atomic E-state index is -4.52. The lowest BCUT2D eigenvalue weighted by atomic mass is 9.97. The first kappa shape index (κ1) is 21.7. The topological polar surface area (TPSA) is 26.3 Å². The molecule has 2 aromatic rings. The van der Waals surface area contributed by atoms with E-state index in [1.165, 1.54) is 0 Å². The summed E-state index contributed by atoms with van der Waals surface area (Å²) < 4.78 is 43.7. The zero-order valence-corrected chi connectivity index (χ0v) is 17.2. The van der Waals surface area contributed by atoms with Crippen molar-refractivity contribution in [2.24, 2.45) is 17.3 Å². The van der Waals surface area contributed by atoms with Crippen LogP contribution in [0.4, 0.5) is 13.2 Å². The van der Waals surface area contributed by atoms with Crippen molar-refractivity contribution in [2.45, 2.75) is 38.9 Å².